The quantitative estimate of drug-likeness (QED) is 0.638. The minimum atomic E-state index is -0.0231. The number of amides is 1. The van der Waals surface area contributed by atoms with Crippen LogP contribution in [0.15, 0.2) is 48.5 Å². The molecule has 1 N–H and O–H groups in total. The van der Waals surface area contributed by atoms with E-state index in [9.17, 15) is 4.79 Å². The molecule has 1 amide bonds. The molecule has 2 heterocycles. The first-order valence-electron chi connectivity index (χ1n) is 10.6. The Balaban J connectivity index is 1.44. The number of H-pyrrole nitrogens is 1. The van der Waals surface area contributed by atoms with Gasteiger partial charge in [0.25, 0.3) is 5.91 Å². The molecule has 8 heteroatoms. The Kier molecular flexibility index (Phi) is 6.49. The van der Waals surface area contributed by atoms with Crippen LogP contribution in [0.1, 0.15) is 16.8 Å². The fraction of sp³-hybridized carbons (Fsp3) is 0.333. The highest BCUT2D eigenvalue weighted by molar-refractivity contribution is 5.95. The molecule has 32 heavy (non-hydrogen) atoms. The summed E-state index contributed by atoms with van der Waals surface area (Å²) in [5, 5.41) is 7.63. The molecule has 4 rings (SSSR count). The highest BCUT2D eigenvalue weighted by atomic mass is 16.5. The van der Waals surface area contributed by atoms with Crippen LogP contribution in [0, 0.1) is 0 Å². The molecule has 2 aromatic carbocycles. The molecule has 0 saturated carbocycles. The van der Waals surface area contributed by atoms with Gasteiger partial charge < -0.3 is 24.0 Å². The van der Waals surface area contributed by atoms with Crippen molar-refractivity contribution in [2.75, 3.05) is 52.4 Å². The average molecular weight is 437 g/mol. The largest absolute Gasteiger partial charge is 0.497 e. The van der Waals surface area contributed by atoms with Crippen molar-refractivity contribution in [2.45, 2.75) is 6.42 Å². The van der Waals surface area contributed by atoms with Gasteiger partial charge in [-0.05, 0) is 48.4 Å². The molecule has 1 saturated heterocycles. The Bertz CT molecular complexity index is 1040. The smallest absolute Gasteiger partial charge is 0.254 e. The number of aromatic nitrogens is 2. The first-order valence-corrected chi connectivity index (χ1v) is 10.6. The summed E-state index contributed by atoms with van der Waals surface area (Å²) in [5.74, 6) is 2.89. The second-order valence-corrected chi connectivity index (χ2v) is 7.60. The molecule has 0 bridgehead atoms. The summed E-state index contributed by atoms with van der Waals surface area (Å²) in [4.78, 5) is 17.2. The molecule has 0 radical (unpaired) electrons. The third kappa shape index (κ3) is 4.64. The fourth-order valence-corrected chi connectivity index (χ4v) is 3.85. The Morgan fingerprint density at radius 1 is 0.844 bits per heavy atom. The zero-order valence-corrected chi connectivity index (χ0v) is 18.6. The summed E-state index contributed by atoms with van der Waals surface area (Å²) in [5.41, 5.74) is 2.56. The number of carbonyl (C=O) groups excluding carboxylic acids is 1. The molecule has 0 aliphatic carbocycles. The maximum atomic E-state index is 13.1. The number of carbonyl (C=O) groups is 1. The van der Waals surface area contributed by atoms with Gasteiger partial charge in [-0.1, -0.05) is 0 Å². The van der Waals surface area contributed by atoms with Gasteiger partial charge >= 0.3 is 0 Å². The van der Waals surface area contributed by atoms with Crippen molar-refractivity contribution in [3.8, 4) is 28.5 Å². The van der Waals surface area contributed by atoms with Gasteiger partial charge in [-0.3, -0.25) is 9.89 Å². The van der Waals surface area contributed by atoms with Gasteiger partial charge in [0.15, 0.2) is 5.82 Å². The Hall–Kier alpha value is -3.68. The number of nitrogens with zero attached hydrogens (tertiary/aromatic N) is 3. The average Bonchev–Trinajstić information content (AvgIpc) is 3.21. The summed E-state index contributed by atoms with van der Waals surface area (Å²) < 4.78 is 15.8. The molecule has 168 valence electrons. The molecule has 3 aromatic rings. The molecule has 1 aliphatic rings. The van der Waals surface area contributed by atoms with Crippen molar-refractivity contribution in [1.29, 1.82) is 0 Å². The minimum absolute atomic E-state index is 0.0231. The Morgan fingerprint density at radius 2 is 1.53 bits per heavy atom. The van der Waals surface area contributed by atoms with Crippen molar-refractivity contribution in [2.24, 2.45) is 0 Å². The van der Waals surface area contributed by atoms with Crippen molar-refractivity contribution < 1.29 is 19.0 Å². The zero-order chi connectivity index (χ0) is 22.5. The molecule has 0 atom stereocenters. The highest BCUT2D eigenvalue weighted by Crippen LogP contribution is 2.26. The van der Waals surface area contributed by atoms with E-state index < -0.39 is 0 Å². The Labute approximate surface area is 187 Å². The van der Waals surface area contributed by atoms with Crippen LogP contribution >= 0.6 is 0 Å². The lowest BCUT2D eigenvalue weighted by Crippen LogP contribution is -2.35. The zero-order valence-electron chi connectivity index (χ0n) is 18.6. The molecule has 1 fully saturated rings. The van der Waals surface area contributed by atoms with Crippen LogP contribution in [0.25, 0.3) is 11.3 Å². The topological polar surface area (TPSA) is 79.9 Å². The van der Waals surface area contributed by atoms with E-state index in [4.69, 9.17) is 14.2 Å². The van der Waals surface area contributed by atoms with E-state index in [0.29, 0.717) is 36.7 Å². The normalized spacial score (nSPS) is 14.1. The van der Waals surface area contributed by atoms with Gasteiger partial charge in [0.1, 0.15) is 17.2 Å². The van der Waals surface area contributed by atoms with Crippen LogP contribution in [0.5, 0.6) is 17.2 Å². The number of methoxy groups -OCH3 is 3. The summed E-state index contributed by atoms with van der Waals surface area (Å²) in [6.45, 7) is 2.84. The van der Waals surface area contributed by atoms with E-state index in [1.165, 1.54) is 0 Å². The first kappa shape index (κ1) is 21.5. The van der Waals surface area contributed by atoms with E-state index in [1.54, 1.807) is 39.5 Å². The highest BCUT2D eigenvalue weighted by Gasteiger charge is 2.22. The molecule has 0 unspecified atom stereocenters. The maximum absolute atomic E-state index is 13.1. The summed E-state index contributed by atoms with van der Waals surface area (Å²) in [6.07, 6.45) is 0.859. The molecular formula is C24H28N4O4. The second-order valence-electron chi connectivity index (χ2n) is 7.60. The van der Waals surface area contributed by atoms with E-state index in [2.05, 4.69) is 15.1 Å². The number of hydrogen-bond acceptors (Lipinski definition) is 6. The lowest BCUT2D eigenvalue weighted by atomic mass is 10.1. The summed E-state index contributed by atoms with van der Waals surface area (Å²) >= 11 is 0. The number of ether oxygens (including phenoxy) is 3. The summed E-state index contributed by atoms with van der Waals surface area (Å²) in [7, 11) is 4.81. The van der Waals surface area contributed by atoms with Crippen LogP contribution in [0.2, 0.25) is 0 Å². The van der Waals surface area contributed by atoms with Crippen LogP contribution < -0.4 is 19.1 Å². The third-order valence-corrected chi connectivity index (χ3v) is 5.67. The molecular weight excluding hydrogens is 408 g/mol. The molecule has 8 nitrogen and oxygen atoms in total. The lowest BCUT2D eigenvalue weighted by Gasteiger charge is -2.22. The molecule has 1 aliphatic heterocycles. The van der Waals surface area contributed by atoms with Crippen LogP contribution in [0.4, 0.5) is 5.82 Å². The van der Waals surface area contributed by atoms with E-state index in [-0.39, 0.29) is 5.91 Å². The monoisotopic (exact) mass is 436 g/mol. The minimum Gasteiger partial charge on any atom is -0.497 e. The number of aromatic amines is 1. The van der Waals surface area contributed by atoms with Crippen LogP contribution in [-0.2, 0) is 0 Å². The van der Waals surface area contributed by atoms with Gasteiger partial charge in [-0.15, -0.1) is 0 Å². The van der Waals surface area contributed by atoms with E-state index in [0.717, 1.165) is 35.8 Å². The van der Waals surface area contributed by atoms with Gasteiger partial charge in [0.05, 0.1) is 27.0 Å². The van der Waals surface area contributed by atoms with Crippen molar-refractivity contribution in [3.63, 3.8) is 0 Å². The summed E-state index contributed by atoms with van der Waals surface area (Å²) in [6, 6.07) is 15.2. The number of nitrogens with one attached hydrogen (secondary N) is 1. The lowest BCUT2D eigenvalue weighted by molar-refractivity contribution is 0.0766. The van der Waals surface area contributed by atoms with E-state index in [1.807, 2.05) is 35.2 Å². The number of rotatable bonds is 6. The predicted octanol–water partition coefficient (Wildman–Crippen LogP) is 3.46. The number of benzene rings is 2. The first-order chi connectivity index (χ1) is 15.6. The van der Waals surface area contributed by atoms with Crippen molar-refractivity contribution in [3.05, 3.63) is 54.1 Å². The Morgan fingerprint density at radius 3 is 2.19 bits per heavy atom. The number of hydrogen-bond donors (Lipinski definition) is 1. The molecule has 1 aromatic heterocycles. The fourth-order valence-electron chi connectivity index (χ4n) is 3.85. The third-order valence-electron chi connectivity index (χ3n) is 5.67. The van der Waals surface area contributed by atoms with Gasteiger partial charge in [-0.2, -0.15) is 5.10 Å². The van der Waals surface area contributed by atoms with Crippen molar-refractivity contribution >= 4 is 11.7 Å². The van der Waals surface area contributed by atoms with E-state index >= 15 is 0 Å². The predicted molar refractivity (Wildman–Crippen MR) is 123 cm³/mol. The van der Waals surface area contributed by atoms with Gasteiger partial charge in [0.2, 0.25) is 0 Å². The second kappa shape index (κ2) is 9.64. The SMILES string of the molecule is COc1ccc(-c2cc(N3CCCN(C(=O)c4cc(OC)cc(OC)c4)CC3)n[nH]2)cc1. The number of anilines is 1. The standard InChI is InChI=1S/C24H28N4O4/c1-30-19-7-5-17(6-8-19)22-16-23(26-25-22)27-9-4-10-28(12-11-27)24(29)18-13-20(31-2)15-21(14-18)32-3/h5-8,13-16H,4,9-12H2,1-3H3,(H,25,26). The molecule has 0 spiro atoms. The maximum Gasteiger partial charge on any atom is 0.254 e. The van der Waals surface area contributed by atoms with Crippen LogP contribution in [0.3, 0.4) is 0 Å². The van der Waals surface area contributed by atoms with Gasteiger partial charge in [0, 0.05) is 43.9 Å². The van der Waals surface area contributed by atoms with Gasteiger partial charge in [-0.25, -0.2) is 0 Å². The van der Waals surface area contributed by atoms with Crippen LogP contribution in [-0.4, -0.2) is 68.5 Å². The van der Waals surface area contributed by atoms with Crippen molar-refractivity contribution in [1.82, 2.24) is 15.1 Å².